The van der Waals surface area contributed by atoms with E-state index in [1.165, 1.54) is 25.3 Å². The van der Waals surface area contributed by atoms with Crippen LogP contribution < -0.4 is 5.32 Å². The molecule has 0 bridgehead atoms. The van der Waals surface area contributed by atoms with Crippen molar-refractivity contribution in [2.75, 3.05) is 13.2 Å². The molecule has 1 aliphatic heterocycles. The van der Waals surface area contributed by atoms with Gasteiger partial charge < -0.3 is 10.1 Å². The minimum atomic E-state index is -0.209. The molecule has 0 amide bonds. The average Bonchev–Trinajstić information content (AvgIpc) is 2.47. The van der Waals surface area contributed by atoms with Crippen molar-refractivity contribution in [2.24, 2.45) is 0 Å². The van der Waals surface area contributed by atoms with Gasteiger partial charge in [-0.05, 0) is 72.3 Å². The van der Waals surface area contributed by atoms with Gasteiger partial charge in [-0.25, -0.2) is 4.39 Å². The summed E-state index contributed by atoms with van der Waals surface area (Å²) in [5.74, 6) is -0.209. The Balaban J connectivity index is 1.96. The van der Waals surface area contributed by atoms with E-state index in [1.807, 2.05) is 12.1 Å². The molecule has 1 N–H and O–H groups in total. The Hall–Kier alpha value is -0.450. The fourth-order valence-electron chi connectivity index (χ4n) is 2.75. The third-order valence-electron chi connectivity index (χ3n) is 3.85. The molecule has 112 valence electrons. The van der Waals surface area contributed by atoms with E-state index in [9.17, 15) is 4.39 Å². The Morgan fingerprint density at radius 1 is 1.45 bits per heavy atom. The summed E-state index contributed by atoms with van der Waals surface area (Å²) in [6, 6.07) is 5.54. The number of ether oxygens (including phenoxy) is 1. The van der Waals surface area contributed by atoms with Gasteiger partial charge in [-0.3, -0.25) is 0 Å². The van der Waals surface area contributed by atoms with Crippen LogP contribution in [-0.2, 0) is 4.74 Å². The monoisotopic (exact) mass is 343 g/mol. The highest BCUT2D eigenvalue weighted by atomic mass is 79.9. The van der Waals surface area contributed by atoms with Crippen LogP contribution in [0.1, 0.15) is 50.6 Å². The van der Waals surface area contributed by atoms with E-state index < -0.39 is 0 Å². The average molecular weight is 344 g/mol. The van der Waals surface area contributed by atoms with Gasteiger partial charge in [-0.2, -0.15) is 0 Å². The summed E-state index contributed by atoms with van der Waals surface area (Å²) in [6.07, 6.45) is 6.13. The van der Waals surface area contributed by atoms with Gasteiger partial charge in [0.15, 0.2) is 0 Å². The van der Waals surface area contributed by atoms with Gasteiger partial charge in [0, 0.05) is 12.6 Å². The lowest BCUT2D eigenvalue weighted by atomic mass is 9.97. The normalized spacial score (nSPS) is 20.9. The zero-order chi connectivity index (χ0) is 14.4. The summed E-state index contributed by atoms with van der Waals surface area (Å²) in [6.45, 7) is 3.91. The summed E-state index contributed by atoms with van der Waals surface area (Å²) >= 11 is 3.27. The quantitative estimate of drug-likeness (QED) is 0.815. The lowest BCUT2D eigenvalue weighted by molar-refractivity contribution is 0.00856. The molecule has 2 nitrogen and oxygen atoms in total. The molecular formula is C16H23BrFNO. The van der Waals surface area contributed by atoms with Crippen LogP contribution in [0.5, 0.6) is 0 Å². The molecule has 4 heteroatoms. The summed E-state index contributed by atoms with van der Waals surface area (Å²) in [7, 11) is 0. The van der Waals surface area contributed by atoms with E-state index in [-0.39, 0.29) is 11.9 Å². The summed E-state index contributed by atoms with van der Waals surface area (Å²) in [4.78, 5) is 0. The Kier molecular flexibility index (Phi) is 6.46. The van der Waals surface area contributed by atoms with Crippen LogP contribution in [0, 0.1) is 5.82 Å². The molecule has 0 spiro atoms. The molecule has 1 saturated heterocycles. The number of hydrogen-bond acceptors (Lipinski definition) is 2. The first kappa shape index (κ1) is 15.9. The van der Waals surface area contributed by atoms with Gasteiger partial charge >= 0.3 is 0 Å². The van der Waals surface area contributed by atoms with Gasteiger partial charge in [-0.1, -0.05) is 13.0 Å². The second-order valence-corrected chi connectivity index (χ2v) is 6.20. The molecule has 20 heavy (non-hydrogen) atoms. The van der Waals surface area contributed by atoms with Crippen LogP contribution >= 0.6 is 15.9 Å². The molecule has 2 atom stereocenters. The van der Waals surface area contributed by atoms with Crippen LogP contribution in [0.2, 0.25) is 0 Å². The number of hydrogen-bond donors (Lipinski definition) is 1. The molecule has 0 aromatic heterocycles. The third kappa shape index (κ3) is 4.54. The highest BCUT2D eigenvalue weighted by Gasteiger charge is 2.18. The van der Waals surface area contributed by atoms with E-state index in [2.05, 4.69) is 28.2 Å². The predicted octanol–water partition coefficient (Wildman–Crippen LogP) is 4.59. The topological polar surface area (TPSA) is 21.3 Å². The van der Waals surface area contributed by atoms with E-state index in [0.29, 0.717) is 10.6 Å². The van der Waals surface area contributed by atoms with Gasteiger partial charge in [-0.15, -0.1) is 0 Å². The highest BCUT2D eigenvalue weighted by molar-refractivity contribution is 9.10. The van der Waals surface area contributed by atoms with Crippen molar-refractivity contribution in [1.29, 1.82) is 0 Å². The maximum atomic E-state index is 13.3. The zero-order valence-corrected chi connectivity index (χ0v) is 13.6. The lowest BCUT2D eigenvalue weighted by Crippen LogP contribution is -2.25. The van der Waals surface area contributed by atoms with Crippen LogP contribution in [0.15, 0.2) is 22.7 Å². The van der Waals surface area contributed by atoms with Crippen LogP contribution in [0.4, 0.5) is 4.39 Å². The van der Waals surface area contributed by atoms with E-state index in [4.69, 9.17) is 4.74 Å². The largest absolute Gasteiger partial charge is 0.378 e. The van der Waals surface area contributed by atoms with Crippen molar-refractivity contribution in [1.82, 2.24) is 5.32 Å². The van der Waals surface area contributed by atoms with Crippen LogP contribution in [0.3, 0.4) is 0 Å². The molecule has 1 heterocycles. The Morgan fingerprint density at radius 3 is 2.95 bits per heavy atom. The summed E-state index contributed by atoms with van der Waals surface area (Å²) < 4.78 is 19.7. The Labute approximate surface area is 129 Å². The van der Waals surface area contributed by atoms with Crippen molar-refractivity contribution in [3.05, 3.63) is 34.1 Å². The minimum absolute atomic E-state index is 0.209. The number of benzene rings is 1. The van der Waals surface area contributed by atoms with Crippen molar-refractivity contribution in [3.8, 4) is 0 Å². The van der Waals surface area contributed by atoms with Gasteiger partial charge in [0.1, 0.15) is 5.82 Å². The molecular weight excluding hydrogens is 321 g/mol. The molecule has 1 aliphatic rings. The number of halogens is 2. The van der Waals surface area contributed by atoms with Crippen LogP contribution in [0.25, 0.3) is 0 Å². The molecule has 2 unspecified atom stereocenters. The molecule has 2 rings (SSSR count). The summed E-state index contributed by atoms with van der Waals surface area (Å²) in [5, 5.41) is 3.49. The van der Waals surface area contributed by atoms with E-state index in [0.717, 1.165) is 31.6 Å². The van der Waals surface area contributed by atoms with E-state index >= 15 is 0 Å². The second kappa shape index (κ2) is 8.11. The van der Waals surface area contributed by atoms with Crippen molar-refractivity contribution < 1.29 is 9.13 Å². The molecule has 1 aromatic carbocycles. The maximum absolute atomic E-state index is 13.3. The molecule has 0 aliphatic carbocycles. The smallest absolute Gasteiger partial charge is 0.137 e. The fraction of sp³-hybridized carbons (Fsp3) is 0.625. The number of nitrogens with one attached hydrogen (secondary N) is 1. The fourth-order valence-corrected chi connectivity index (χ4v) is 3.15. The first-order valence-corrected chi connectivity index (χ1v) is 8.30. The number of rotatable bonds is 6. The minimum Gasteiger partial charge on any atom is -0.378 e. The lowest BCUT2D eigenvalue weighted by Gasteiger charge is -2.25. The first-order valence-electron chi connectivity index (χ1n) is 7.50. The SMILES string of the molecule is CCNC(CCC1CCCCO1)c1ccc(F)c(Br)c1. The van der Waals surface area contributed by atoms with Gasteiger partial charge in [0.2, 0.25) is 0 Å². The Bertz CT molecular complexity index is 421. The maximum Gasteiger partial charge on any atom is 0.137 e. The van der Waals surface area contributed by atoms with E-state index in [1.54, 1.807) is 0 Å². The Morgan fingerprint density at radius 2 is 2.30 bits per heavy atom. The zero-order valence-electron chi connectivity index (χ0n) is 12.0. The van der Waals surface area contributed by atoms with Gasteiger partial charge in [0.05, 0.1) is 10.6 Å². The first-order chi connectivity index (χ1) is 9.70. The van der Waals surface area contributed by atoms with Crippen LogP contribution in [-0.4, -0.2) is 19.3 Å². The second-order valence-electron chi connectivity index (χ2n) is 5.35. The van der Waals surface area contributed by atoms with Crippen molar-refractivity contribution >= 4 is 15.9 Å². The molecule has 1 aromatic rings. The molecule has 0 radical (unpaired) electrons. The molecule has 1 fully saturated rings. The van der Waals surface area contributed by atoms with Crippen molar-refractivity contribution in [2.45, 2.75) is 51.2 Å². The van der Waals surface area contributed by atoms with Gasteiger partial charge in [0.25, 0.3) is 0 Å². The summed E-state index contributed by atoms with van der Waals surface area (Å²) in [5.41, 5.74) is 1.14. The third-order valence-corrected chi connectivity index (χ3v) is 4.46. The van der Waals surface area contributed by atoms with Crippen molar-refractivity contribution in [3.63, 3.8) is 0 Å². The standard InChI is InChI=1S/C16H23BrFNO/c1-2-19-16(9-7-13-5-3-4-10-20-13)12-6-8-15(18)14(17)11-12/h6,8,11,13,16,19H,2-5,7,9-10H2,1H3. The molecule has 0 saturated carbocycles. The highest BCUT2D eigenvalue weighted by Crippen LogP contribution is 2.26. The predicted molar refractivity (Wildman–Crippen MR) is 83.3 cm³/mol.